The predicted octanol–water partition coefficient (Wildman–Crippen LogP) is 0.691. The molecule has 0 atom stereocenters. The number of aromatic nitrogens is 1. The number of sulfonamides is 1. The van der Waals surface area contributed by atoms with Crippen molar-refractivity contribution in [3.8, 4) is 0 Å². The number of hydrogen-bond donors (Lipinski definition) is 1. The van der Waals surface area contributed by atoms with Gasteiger partial charge in [0.25, 0.3) is 0 Å². The van der Waals surface area contributed by atoms with E-state index in [2.05, 4.69) is 9.88 Å². The number of rotatable bonds is 4. The second kappa shape index (κ2) is 6.58. The van der Waals surface area contributed by atoms with Crippen LogP contribution in [0, 0.1) is 0 Å². The van der Waals surface area contributed by atoms with Gasteiger partial charge >= 0.3 is 0 Å². The molecule has 0 bridgehead atoms. The topological polar surface area (TPSA) is 96.6 Å². The van der Waals surface area contributed by atoms with E-state index in [1.165, 1.54) is 28.6 Å². The van der Waals surface area contributed by atoms with Crippen molar-refractivity contribution in [1.29, 1.82) is 0 Å². The first-order valence-electron chi connectivity index (χ1n) is 7.53. The van der Waals surface area contributed by atoms with Crippen LogP contribution in [-0.2, 0) is 10.0 Å². The SMILES string of the molecule is NC(=O)c1ccc(S(=O)(=O)N2CCN(c3ccncc3)CC2)cc1. The van der Waals surface area contributed by atoms with E-state index in [0.29, 0.717) is 26.2 Å². The van der Waals surface area contributed by atoms with Gasteiger partial charge in [-0.1, -0.05) is 0 Å². The molecule has 24 heavy (non-hydrogen) atoms. The molecule has 1 amide bonds. The molecule has 1 aromatic carbocycles. The highest BCUT2D eigenvalue weighted by Crippen LogP contribution is 2.21. The van der Waals surface area contributed by atoms with E-state index < -0.39 is 15.9 Å². The molecular formula is C16H18N4O3S. The van der Waals surface area contributed by atoms with Crippen molar-refractivity contribution in [2.24, 2.45) is 5.73 Å². The van der Waals surface area contributed by atoms with Gasteiger partial charge in [-0.05, 0) is 36.4 Å². The fraction of sp³-hybridized carbons (Fsp3) is 0.250. The smallest absolute Gasteiger partial charge is 0.248 e. The molecule has 1 aromatic heterocycles. The number of nitrogens with two attached hydrogens (primary N) is 1. The van der Waals surface area contributed by atoms with Crippen molar-refractivity contribution < 1.29 is 13.2 Å². The van der Waals surface area contributed by atoms with Gasteiger partial charge in [-0.15, -0.1) is 0 Å². The third-order valence-electron chi connectivity index (χ3n) is 4.04. The van der Waals surface area contributed by atoms with Crippen LogP contribution in [0.15, 0.2) is 53.7 Å². The number of piperazine rings is 1. The van der Waals surface area contributed by atoms with Crippen molar-refractivity contribution in [3.63, 3.8) is 0 Å². The molecule has 0 unspecified atom stereocenters. The summed E-state index contributed by atoms with van der Waals surface area (Å²) in [6.07, 6.45) is 3.44. The largest absolute Gasteiger partial charge is 0.369 e. The summed E-state index contributed by atoms with van der Waals surface area (Å²) in [5, 5.41) is 0. The molecule has 1 aliphatic heterocycles. The lowest BCUT2D eigenvalue weighted by Crippen LogP contribution is -2.48. The molecule has 2 heterocycles. The van der Waals surface area contributed by atoms with Crippen LogP contribution in [0.1, 0.15) is 10.4 Å². The maximum Gasteiger partial charge on any atom is 0.248 e. The minimum Gasteiger partial charge on any atom is -0.369 e. The number of amides is 1. The lowest BCUT2D eigenvalue weighted by Gasteiger charge is -2.35. The maximum absolute atomic E-state index is 12.7. The summed E-state index contributed by atoms with van der Waals surface area (Å²) in [6, 6.07) is 9.53. The standard InChI is InChI=1S/C16H18N4O3S/c17-16(21)13-1-3-15(4-2-13)24(22,23)20-11-9-19(10-12-20)14-5-7-18-8-6-14/h1-8H,9-12H2,(H2,17,21). The van der Waals surface area contributed by atoms with Gasteiger partial charge in [0, 0.05) is 49.8 Å². The Labute approximate surface area is 140 Å². The van der Waals surface area contributed by atoms with Gasteiger partial charge in [0.15, 0.2) is 0 Å². The molecule has 3 rings (SSSR count). The number of pyridine rings is 1. The second-order valence-corrected chi connectivity index (χ2v) is 7.42. The fourth-order valence-corrected chi connectivity index (χ4v) is 4.10. The van der Waals surface area contributed by atoms with E-state index in [1.807, 2.05) is 12.1 Å². The van der Waals surface area contributed by atoms with Crippen LogP contribution in [0.4, 0.5) is 5.69 Å². The summed E-state index contributed by atoms with van der Waals surface area (Å²) in [6.45, 7) is 2.04. The number of benzene rings is 1. The molecule has 1 fully saturated rings. The zero-order valence-electron chi connectivity index (χ0n) is 13.0. The Balaban J connectivity index is 1.72. The molecule has 8 heteroatoms. The maximum atomic E-state index is 12.7. The summed E-state index contributed by atoms with van der Waals surface area (Å²) in [5.41, 5.74) is 6.50. The van der Waals surface area contributed by atoms with Gasteiger partial charge < -0.3 is 10.6 Å². The minimum absolute atomic E-state index is 0.171. The number of nitrogens with zero attached hydrogens (tertiary/aromatic N) is 3. The van der Waals surface area contributed by atoms with Gasteiger partial charge in [-0.3, -0.25) is 9.78 Å². The Hall–Kier alpha value is -2.45. The Morgan fingerprint density at radius 1 is 0.958 bits per heavy atom. The number of carbonyl (C=O) groups is 1. The quantitative estimate of drug-likeness (QED) is 0.879. The van der Waals surface area contributed by atoms with Gasteiger partial charge in [0.2, 0.25) is 15.9 Å². The molecule has 1 aliphatic rings. The number of hydrogen-bond acceptors (Lipinski definition) is 5. The average molecular weight is 346 g/mol. The van der Waals surface area contributed by atoms with Crippen molar-refractivity contribution in [2.45, 2.75) is 4.90 Å². The molecule has 2 aromatic rings. The molecule has 0 aliphatic carbocycles. The fourth-order valence-electron chi connectivity index (χ4n) is 2.68. The zero-order valence-corrected chi connectivity index (χ0v) is 13.8. The van der Waals surface area contributed by atoms with E-state index in [4.69, 9.17) is 5.73 Å². The summed E-state index contributed by atoms with van der Waals surface area (Å²) < 4.78 is 26.8. The lowest BCUT2D eigenvalue weighted by atomic mass is 10.2. The van der Waals surface area contributed by atoms with E-state index in [1.54, 1.807) is 12.4 Å². The van der Waals surface area contributed by atoms with Crippen molar-refractivity contribution in [2.75, 3.05) is 31.1 Å². The van der Waals surface area contributed by atoms with Crippen LogP contribution in [0.5, 0.6) is 0 Å². The lowest BCUT2D eigenvalue weighted by molar-refractivity contribution is 0.1000. The molecule has 0 spiro atoms. The van der Waals surface area contributed by atoms with E-state index in [0.717, 1.165) is 5.69 Å². The first kappa shape index (κ1) is 16.4. The molecule has 7 nitrogen and oxygen atoms in total. The molecule has 0 saturated carbocycles. The molecular weight excluding hydrogens is 328 g/mol. The van der Waals surface area contributed by atoms with Gasteiger partial charge in [-0.25, -0.2) is 8.42 Å². The monoisotopic (exact) mass is 346 g/mol. The summed E-state index contributed by atoms with van der Waals surface area (Å²) >= 11 is 0. The summed E-state index contributed by atoms with van der Waals surface area (Å²) in [7, 11) is -3.57. The van der Waals surface area contributed by atoms with Gasteiger partial charge in [-0.2, -0.15) is 4.31 Å². The van der Waals surface area contributed by atoms with E-state index in [-0.39, 0.29) is 10.5 Å². The Bertz CT molecular complexity index is 814. The number of anilines is 1. The van der Waals surface area contributed by atoms with Crippen LogP contribution in [0.3, 0.4) is 0 Å². The van der Waals surface area contributed by atoms with Crippen LogP contribution < -0.4 is 10.6 Å². The highest BCUT2D eigenvalue weighted by atomic mass is 32.2. The Morgan fingerprint density at radius 2 is 1.54 bits per heavy atom. The highest BCUT2D eigenvalue weighted by molar-refractivity contribution is 7.89. The molecule has 1 saturated heterocycles. The van der Waals surface area contributed by atoms with E-state index in [9.17, 15) is 13.2 Å². The number of carbonyl (C=O) groups excluding carboxylic acids is 1. The van der Waals surface area contributed by atoms with Crippen molar-refractivity contribution >= 4 is 21.6 Å². The van der Waals surface area contributed by atoms with Crippen molar-refractivity contribution in [1.82, 2.24) is 9.29 Å². The summed E-state index contributed by atoms with van der Waals surface area (Å²) in [4.78, 5) is 17.4. The molecule has 126 valence electrons. The number of primary amides is 1. The van der Waals surface area contributed by atoms with Crippen LogP contribution in [-0.4, -0.2) is 49.8 Å². The van der Waals surface area contributed by atoms with Gasteiger partial charge in [0.05, 0.1) is 4.90 Å². The second-order valence-electron chi connectivity index (χ2n) is 5.49. The third-order valence-corrected chi connectivity index (χ3v) is 5.96. The van der Waals surface area contributed by atoms with E-state index >= 15 is 0 Å². The first-order valence-corrected chi connectivity index (χ1v) is 8.97. The molecule has 2 N–H and O–H groups in total. The Morgan fingerprint density at radius 3 is 2.08 bits per heavy atom. The zero-order chi connectivity index (χ0) is 17.2. The Kier molecular flexibility index (Phi) is 4.50. The average Bonchev–Trinajstić information content (AvgIpc) is 2.62. The van der Waals surface area contributed by atoms with Crippen LogP contribution >= 0.6 is 0 Å². The predicted molar refractivity (Wildman–Crippen MR) is 90.2 cm³/mol. The summed E-state index contributed by atoms with van der Waals surface area (Å²) in [5.74, 6) is -0.579. The minimum atomic E-state index is -3.57. The van der Waals surface area contributed by atoms with Crippen LogP contribution in [0.2, 0.25) is 0 Å². The van der Waals surface area contributed by atoms with Crippen LogP contribution in [0.25, 0.3) is 0 Å². The first-order chi connectivity index (χ1) is 11.5. The van der Waals surface area contributed by atoms with Crippen molar-refractivity contribution in [3.05, 3.63) is 54.4 Å². The molecule has 0 radical (unpaired) electrons. The normalized spacial score (nSPS) is 16.1. The third kappa shape index (κ3) is 3.24. The van der Waals surface area contributed by atoms with Gasteiger partial charge in [0.1, 0.15) is 0 Å². The highest BCUT2D eigenvalue weighted by Gasteiger charge is 2.28.